The summed E-state index contributed by atoms with van der Waals surface area (Å²) in [5.41, 5.74) is 3.52. The molecule has 0 bridgehead atoms. The van der Waals surface area contributed by atoms with E-state index in [1.165, 1.54) is 17.0 Å². The summed E-state index contributed by atoms with van der Waals surface area (Å²) < 4.78 is 29.3. The lowest BCUT2D eigenvalue weighted by molar-refractivity contribution is -0.140. The van der Waals surface area contributed by atoms with E-state index in [1.807, 2.05) is 40.7 Å². The third kappa shape index (κ3) is 8.06. The number of hydrogen-bond acceptors (Lipinski definition) is 4. The fourth-order valence-corrected chi connectivity index (χ4v) is 6.56. The molecule has 0 aliphatic rings. The molecule has 0 aromatic heterocycles. The van der Waals surface area contributed by atoms with E-state index in [0.29, 0.717) is 34.3 Å². The summed E-state index contributed by atoms with van der Waals surface area (Å²) >= 11 is 12.6. The average molecular weight is 633 g/mol. The van der Waals surface area contributed by atoms with Crippen molar-refractivity contribution in [2.45, 2.75) is 71.4 Å². The smallest absolute Gasteiger partial charge is 0.264 e. The number of aryl methyl sites for hydroxylation is 2. The van der Waals surface area contributed by atoms with E-state index in [2.05, 4.69) is 5.32 Å². The number of sulfonamides is 1. The number of amides is 2. The molecule has 0 fully saturated rings. The van der Waals surface area contributed by atoms with Gasteiger partial charge >= 0.3 is 0 Å². The van der Waals surface area contributed by atoms with Gasteiger partial charge in [0.1, 0.15) is 12.6 Å². The summed E-state index contributed by atoms with van der Waals surface area (Å²) in [5.74, 6) is -0.834. The quantitative estimate of drug-likeness (QED) is 0.209. The highest BCUT2D eigenvalue weighted by Crippen LogP contribution is 2.30. The van der Waals surface area contributed by atoms with E-state index in [-0.39, 0.29) is 17.3 Å². The Hall–Kier alpha value is -3.07. The molecule has 0 spiro atoms. The molecule has 1 N–H and O–H groups in total. The summed E-state index contributed by atoms with van der Waals surface area (Å²) in [6.45, 7) is 9.40. The number of unbranched alkanes of at least 4 members (excludes halogenated alkanes) is 1. The Kier molecular flexibility index (Phi) is 11.9. The first kappa shape index (κ1) is 33.4. The second-order valence-corrected chi connectivity index (χ2v) is 13.1. The number of halogens is 2. The molecule has 0 radical (unpaired) electrons. The zero-order valence-corrected chi connectivity index (χ0v) is 27.1. The van der Waals surface area contributed by atoms with Crippen LogP contribution in [0.3, 0.4) is 0 Å². The summed E-state index contributed by atoms with van der Waals surface area (Å²) in [6.07, 6.45) is 2.03. The first-order valence-corrected chi connectivity index (χ1v) is 16.3. The summed E-state index contributed by atoms with van der Waals surface area (Å²) in [5, 5.41) is 3.71. The van der Waals surface area contributed by atoms with Crippen molar-refractivity contribution in [1.82, 2.24) is 10.2 Å². The van der Waals surface area contributed by atoms with Crippen LogP contribution in [-0.2, 0) is 26.2 Å². The SMILES string of the molecule is CCCCNC(=O)C(CC)N(Cc1ccc(Cl)cc1Cl)C(=O)CN(c1cccc(C)c1C)S(=O)(=O)c1ccc(C)cc1. The molecule has 1 atom stereocenters. The van der Waals surface area contributed by atoms with E-state index < -0.39 is 28.5 Å². The first-order chi connectivity index (χ1) is 19.9. The molecule has 226 valence electrons. The fourth-order valence-electron chi connectivity index (χ4n) is 4.62. The summed E-state index contributed by atoms with van der Waals surface area (Å²) in [4.78, 5) is 29.1. The van der Waals surface area contributed by atoms with Crippen LogP contribution in [0.4, 0.5) is 5.69 Å². The van der Waals surface area contributed by atoms with Crippen LogP contribution in [0.15, 0.2) is 65.6 Å². The normalized spacial score (nSPS) is 12.1. The van der Waals surface area contributed by atoms with Gasteiger partial charge in [-0.1, -0.05) is 79.4 Å². The molecule has 10 heteroatoms. The van der Waals surface area contributed by atoms with Crippen LogP contribution in [0.2, 0.25) is 10.0 Å². The lowest BCUT2D eigenvalue weighted by Crippen LogP contribution is -2.52. The van der Waals surface area contributed by atoms with E-state index in [1.54, 1.807) is 42.5 Å². The summed E-state index contributed by atoms with van der Waals surface area (Å²) in [6, 6.07) is 16.0. The molecule has 2 amide bonds. The van der Waals surface area contributed by atoms with Crippen molar-refractivity contribution in [3.05, 3.63) is 93.0 Å². The highest BCUT2D eigenvalue weighted by Gasteiger charge is 2.34. The second kappa shape index (κ2) is 14.9. The van der Waals surface area contributed by atoms with Crippen molar-refractivity contribution in [3.63, 3.8) is 0 Å². The lowest BCUT2D eigenvalue weighted by atomic mass is 10.1. The molecule has 3 rings (SSSR count). The third-order valence-corrected chi connectivity index (χ3v) is 9.66. The molecule has 1 unspecified atom stereocenters. The number of carbonyl (C=O) groups is 2. The van der Waals surface area contributed by atoms with E-state index >= 15 is 0 Å². The molecule has 0 aliphatic carbocycles. The Morgan fingerprint density at radius 2 is 1.64 bits per heavy atom. The minimum Gasteiger partial charge on any atom is -0.354 e. The molecule has 3 aromatic rings. The zero-order chi connectivity index (χ0) is 31.0. The molecule has 3 aromatic carbocycles. The Bertz CT molecular complexity index is 1510. The van der Waals surface area contributed by atoms with Gasteiger partial charge in [0.25, 0.3) is 10.0 Å². The van der Waals surface area contributed by atoms with E-state index in [9.17, 15) is 18.0 Å². The van der Waals surface area contributed by atoms with Gasteiger partial charge in [0.05, 0.1) is 10.6 Å². The Labute approximate surface area is 259 Å². The molecule has 0 saturated heterocycles. The summed E-state index contributed by atoms with van der Waals surface area (Å²) in [7, 11) is -4.15. The largest absolute Gasteiger partial charge is 0.354 e. The van der Waals surface area contributed by atoms with Gasteiger partial charge in [0.15, 0.2) is 0 Å². The number of carbonyl (C=O) groups excluding carboxylic acids is 2. The van der Waals surface area contributed by atoms with Gasteiger partial charge in [-0.15, -0.1) is 0 Å². The van der Waals surface area contributed by atoms with Gasteiger partial charge in [-0.25, -0.2) is 8.42 Å². The van der Waals surface area contributed by atoms with Gasteiger partial charge in [-0.3, -0.25) is 13.9 Å². The van der Waals surface area contributed by atoms with Crippen molar-refractivity contribution in [1.29, 1.82) is 0 Å². The number of nitrogens with one attached hydrogen (secondary N) is 1. The molecule has 0 saturated carbocycles. The van der Waals surface area contributed by atoms with Crippen LogP contribution in [-0.4, -0.2) is 44.3 Å². The van der Waals surface area contributed by atoms with Crippen LogP contribution in [0.25, 0.3) is 0 Å². The van der Waals surface area contributed by atoms with E-state index in [0.717, 1.165) is 33.8 Å². The van der Waals surface area contributed by atoms with E-state index in [4.69, 9.17) is 23.2 Å². The Balaban J connectivity index is 2.10. The van der Waals surface area contributed by atoms with Gasteiger partial charge in [0.2, 0.25) is 11.8 Å². The Morgan fingerprint density at radius 1 is 0.952 bits per heavy atom. The van der Waals surface area contributed by atoms with Crippen LogP contribution < -0.4 is 9.62 Å². The van der Waals surface area contributed by atoms with Crippen molar-refractivity contribution < 1.29 is 18.0 Å². The van der Waals surface area contributed by atoms with Crippen molar-refractivity contribution in [2.24, 2.45) is 0 Å². The van der Waals surface area contributed by atoms with Crippen molar-refractivity contribution in [2.75, 3.05) is 17.4 Å². The van der Waals surface area contributed by atoms with Gasteiger partial charge < -0.3 is 10.2 Å². The number of nitrogens with zero attached hydrogens (tertiary/aromatic N) is 2. The van der Waals surface area contributed by atoms with Crippen LogP contribution in [0, 0.1) is 20.8 Å². The van der Waals surface area contributed by atoms with Crippen LogP contribution >= 0.6 is 23.2 Å². The predicted molar refractivity (Wildman–Crippen MR) is 171 cm³/mol. The number of benzene rings is 3. The maximum absolute atomic E-state index is 14.2. The number of hydrogen-bond donors (Lipinski definition) is 1. The second-order valence-electron chi connectivity index (χ2n) is 10.4. The molecule has 7 nitrogen and oxygen atoms in total. The topological polar surface area (TPSA) is 86.8 Å². The Morgan fingerprint density at radius 3 is 2.26 bits per heavy atom. The molecule has 0 heterocycles. The third-order valence-electron chi connectivity index (χ3n) is 7.30. The van der Waals surface area contributed by atoms with Gasteiger partial charge in [0, 0.05) is 23.1 Å². The molecular weight excluding hydrogens is 593 g/mol. The monoisotopic (exact) mass is 631 g/mol. The number of anilines is 1. The van der Waals surface area contributed by atoms with Crippen molar-refractivity contribution in [3.8, 4) is 0 Å². The van der Waals surface area contributed by atoms with Gasteiger partial charge in [-0.2, -0.15) is 0 Å². The van der Waals surface area contributed by atoms with Crippen LogP contribution in [0.1, 0.15) is 55.4 Å². The maximum atomic E-state index is 14.2. The highest BCUT2D eigenvalue weighted by atomic mass is 35.5. The maximum Gasteiger partial charge on any atom is 0.264 e. The zero-order valence-electron chi connectivity index (χ0n) is 24.8. The van der Waals surface area contributed by atoms with Crippen LogP contribution in [0.5, 0.6) is 0 Å². The minimum absolute atomic E-state index is 0.000239. The standard InChI is InChI=1S/C32H39Cl2N3O4S/c1-6-8-18-35-32(39)29(7-2)36(20-25-14-15-26(33)19-28(25)34)31(38)21-37(30-11-9-10-23(4)24(30)5)42(40,41)27-16-12-22(3)13-17-27/h9-17,19,29H,6-8,18,20-21H2,1-5H3,(H,35,39). The predicted octanol–water partition coefficient (Wildman–Crippen LogP) is 6.84. The fraction of sp³-hybridized carbons (Fsp3) is 0.375. The first-order valence-electron chi connectivity index (χ1n) is 14.1. The molecule has 42 heavy (non-hydrogen) atoms. The molecular formula is C32H39Cl2N3O4S. The molecule has 0 aliphatic heterocycles. The van der Waals surface area contributed by atoms with Gasteiger partial charge in [-0.05, 0) is 80.6 Å². The highest BCUT2D eigenvalue weighted by molar-refractivity contribution is 7.92. The van der Waals surface area contributed by atoms with Crippen molar-refractivity contribution >= 4 is 50.7 Å². The minimum atomic E-state index is -4.15. The average Bonchev–Trinajstić information content (AvgIpc) is 2.94. The number of rotatable bonds is 13. The lowest BCUT2D eigenvalue weighted by Gasteiger charge is -2.34.